The van der Waals surface area contributed by atoms with Gasteiger partial charge in [-0.15, -0.1) is 0 Å². The van der Waals surface area contributed by atoms with Gasteiger partial charge in [0.05, 0.1) is 13.2 Å². The second-order valence-corrected chi connectivity index (χ2v) is 5.72. The summed E-state index contributed by atoms with van der Waals surface area (Å²) in [5, 5.41) is 0. The van der Waals surface area contributed by atoms with E-state index in [2.05, 4.69) is 29.2 Å². The largest absolute Gasteiger partial charge is 0.453 e. The highest BCUT2D eigenvalue weighted by atomic mass is 16.5. The summed E-state index contributed by atoms with van der Waals surface area (Å²) in [5.41, 5.74) is 5.67. The smallest absolute Gasteiger partial charge is 0.404 e. The molecule has 1 aromatic carbocycles. The standard InChI is InChI=1S/C10H12O.C8H17NO.C2H5NO2.3C2H6/c1-9(11)7-8-10-5-3-2-4-6-10;1-5-9(6-2)7(3)8(4)10;1-5-2(3)4;3*1-2/h2-6H,7-8H2,1H3;7H,5-6H2,1-4H3;1H3,(H2,3,4);3*1-2H3. The quantitative estimate of drug-likeness (QED) is 0.519. The van der Waals surface area contributed by atoms with E-state index < -0.39 is 6.09 Å². The zero-order valence-electron chi connectivity index (χ0n) is 23.0. The van der Waals surface area contributed by atoms with Crippen molar-refractivity contribution < 1.29 is 19.1 Å². The van der Waals surface area contributed by atoms with Gasteiger partial charge in [-0.3, -0.25) is 9.69 Å². The number of carbonyl (C=O) groups is 3. The lowest BCUT2D eigenvalue weighted by Crippen LogP contribution is -2.37. The summed E-state index contributed by atoms with van der Waals surface area (Å²) in [5.74, 6) is 0.512. The lowest BCUT2D eigenvalue weighted by atomic mass is 10.1. The lowest BCUT2D eigenvalue weighted by Gasteiger charge is -2.23. The molecule has 0 spiro atoms. The monoisotopic (exact) mass is 456 g/mol. The normalized spacial score (nSPS) is 9.16. The number of nitrogens with zero attached hydrogens (tertiary/aromatic N) is 1. The van der Waals surface area contributed by atoms with Crippen molar-refractivity contribution in [2.45, 2.75) is 95.0 Å². The van der Waals surface area contributed by atoms with Crippen molar-refractivity contribution in [2.75, 3.05) is 20.2 Å². The van der Waals surface area contributed by atoms with Crippen LogP contribution in [-0.4, -0.2) is 48.8 Å². The molecule has 0 saturated carbocycles. The third-order valence-electron chi connectivity index (χ3n) is 3.76. The van der Waals surface area contributed by atoms with Crippen LogP contribution in [0.25, 0.3) is 0 Å². The van der Waals surface area contributed by atoms with E-state index in [1.165, 1.54) is 12.7 Å². The Morgan fingerprint density at radius 2 is 1.28 bits per heavy atom. The predicted molar refractivity (Wildman–Crippen MR) is 139 cm³/mol. The first kappa shape index (κ1) is 40.2. The number of hydrogen-bond donors (Lipinski definition) is 1. The van der Waals surface area contributed by atoms with Crippen LogP contribution in [0.15, 0.2) is 30.3 Å². The van der Waals surface area contributed by atoms with Crippen LogP contribution in [0.1, 0.15) is 88.1 Å². The average Bonchev–Trinajstić information content (AvgIpc) is 2.83. The van der Waals surface area contributed by atoms with Crippen molar-refractivity contribution >= 4 is 17.7 Å². The van der Waals surface area contributed by atoms with Gasteiger partial charge in [0.15, 0.2) is 0 Å². The fourth-order valence-corrected chi connectivity index (χ4v) is 1.99. The third-order valence-corrected chi connectivity index (χ3v) is 3.76. The van der Waals surface area contributed by atoms with Gasteiger partial charge in [-0.25, -0.2) is 4.79 Å². The molecule has 6 nitrogen and oxygen atoms in total. The summed E-state index contributed by atoms with van der Waals surface area (Å²) < 4.78 is 3.89. The molecule has 32 heavy (non-hydrogen) atoms. The molecule has 0 saturated heterocycles. The molecule has 0 heterocycles. The molecule has 0 aliphatic carbocycles. The molecule has 190 valence electrons. The number of hydrogen-bond acceptors (Lipinski definition) is 5. The zero-order chi connectivity index (χ0) is 26.5. The first-order valence-electron chi connectivity index (χ1n) is 11.8. The van der Waals surface area contributed by atoms with E-state index in [-0.39, 0.29) is 17.6 Å². The van der Waals surface area contributed by atoms with Gasteiger partial charge in [-0.1, -0.05) is 85.7 Å². The SMILES string of the molecule is CC.CC.CC.CC(=O)CCc1ccccc1.CCN(CC)C(C)C(C)=O.COC(N)=O. The summed E-state index contributed by atoms with van der Waals surface area (Å²) in [6.07, 6.45) is 0.783. The minimum Gasteiger partial charge on any atom is -0.453 e. The second-order valence-electron chi connectivity index (χ2n) is 5.72. The van der Waals surface area contributed by atoms with Crippen LogP contribution in [-0.2, 0) is 20.7 Å². The van der Waals surface area contributed by atoms with E-state index in [9.17, 15) is 14.4 Å². The predicted octanol–water partition coefficient (Wildman–Crippen LogP) is 6.30. The zero-order valence-corrected chi connectivity index (χ0v) is 23.0. The van der Waals surface area contributed by atoms with Gasteiger partial charge < -0.3 is 15.3 Å². The molecular formula is C26H52N2O4. The minimum atomic E-state index is -0.745. The number of methoxy groups -OCH3 is 1. The average molecular weight is 457 g/mol. The third kappa shape index (κ3) is 32.5. The number of primary amides is 1. The van der Waals surface area contributed by atoms with Crippen LogP contribution in [0.3, 0.4) is 0 Å². The first-order chi connectivity index (χ1) is 15.2. The fourth-order valence-electron chi connectivity index (χ4n) is 1.99. The molecule has 0 fully saturated rings. The van der Waals surface area contributed by atoms with Gasteiger partial charge in [0.25, 0.3) is 0 Å². The van der Waals surface area contributed by atoms with Crippen molar-refractivity contribution in [1.82, 2.24) is 4.90 Å². The number of amides is 1. The minimum absolute atomic E-state index is 0.0926. The number of Topliss-reactive ketones (excluding diaryl/α,β-unsaturated/α-hetero) is 2. The van der Waals surface area contributed by atoms with E-state index in [0.717, 1.165) is 19.5 Å². The Balaban J connectivity index is -0.000000106. The molecule has 2 N–H and O–H groups in total. The highest BCUT2D eigenvalue weighted by Gasteiger charge is 2.13. The molecule has 6 heteroatoms. The van der Waals surface area contributed by atoms with E-state index in [1.54, 1.807) is 13.8 Å². The van der Waals surface area contributed by atoms with E-state index in [0.29, 0.717) is 6.42 Å². The Kier molecular flexibility index (Phi) is 42.0. The van der Waals surface area contributed by atoms with Gasteiger partial charge in [-0.05, 0) is 45.8 Å². The first-order valence-corrected chi connectivity index (χ1v) is 11.8. The Labute approximate surface area is 198 Å². The van der Waals surface area contributed by atoms with Crippen LogP contribution in [0.5, 0.6) is 0 Å². The number of ether oxygens (including phenoxy) is 1. The van der Waals surface area contributed by atoms with Crippen molar-refractivity contribution in [1.29, 1.82) is 0 Å². The summed E-state index contributed by atoms with van der Waals surface area (Å²) in [7, 11) is 1.22. The molecule has 0 aromatic heterocycles. The van der Waals surface area contributed by atoms with Gasteiger partial charge in [0.1, 0.15) is 11.6 Å². The summed E-state index contributed by atoms with van der Waals surface area (Å²) >= 11 is 0. The Bertz CT molecular complexity index is 516. The Morgan fingerprint density at radius 3 is 1.50 bits per heavy atom. The molecule has 0 aliphatic heterocycles. The number of ketones is 2. The highest BCUT2D eigenvalue weighted by molar-refractivity contribution is 5.80. The number of aryl methyl sites for hydroxylation is 1. The van der Waals surface area contributed by atoms with Crippen molar-refractivity contribution in [3.05, 3.63) is 35.9 Å². The van der Waals surface area contributed by atoms with Crippen molar-refractivity contribution in [2.24, 2.45) is 5.73 Å². The maximum absolute atomic E-state index is 10.9. The van der Waals surface area contributed by atoms with Crippen LogP contribution in [0, 0.1) is 0 Å². The number of rotatable bonds is 7. The molecule has 1 aromatic rings. The van der Waals surface area contributed by atoms with Crippen LogP contribution < -0.4 is 5.73 Å². The van der Waals surface area contributed by atoms with Crippen LogP contribution in [0.2, 0.25) is 0 Å². The molecule has 0 bridgehead atoms. The molecule has 1 atom stereocenters. The molecule has 1 amide bonds. The molecule has 0 aliphatic rings. The van der Waals surface area contributed by atoms with E-state index in [4.69, 9.17) is 0 Å². The summed E-state index contributed by atoms with van der Waals surface area (Å²) in [6.45, 7) is 23.3. The highest BCUT2D eigenvalue weighted by Crippen LogP contribution is 2.02. The van der Waals surface area contributed by atoms with Crippen LogP contribution in [0.4, 0.5) is 4.79 Å². The number of likely N-dealkylation sites (N-methyl/N-ethyl adjacent to an activating group) is 1. The van der Waals surface area contributed by atoms with Crippen molar-refractivity contribution in [3.8, 4) is 0 Å². The topological polar surface area (TPSA) is 89.7 Å². The van der Waals surface area contributed by atoms with E-state index >= 15 is 0 Å². The second kappa shape index (κ2) is 33.4. The number of carbonyl (C=O) groups excluding carboxylic acids is 3. The maximum atomic E-state index is 10.9. The summed E-state index contributed by atoms with van der Waals surface area (Å²) in [6, 6.07) is 10.2. The van der Waals surface area contributed by atoms with Gasteiger partial charge in [-0.2, -0.15) is 0 Å². The molecular weight excluding hydrogens is 404 g/mol. The van der Waals surface area contributed by atoms with Crippen LogP contribution >= 0.6 is 0 Å². The number of benzene rings is 1. The summed E-state index contributed by atoms with van der Waals surface area (Å²) in [4.78, 5) is 33.0. The Hall–Kier alpha value is -2.21. The lowest BCUT2D eigenvalue weighted by molar-refractivity contribution is -0.121. The van der Waals surface area contributed by atoms with Crippen molar-refractivity contribution in [3.63, 3.8) is 0 Å². The molecule has 1 rings (SSSR count). The van der Waals surface area contributed by atoms with Gasteiger partial charge in [0.2, 0.25) is 0 Å². The Morgan fingerprint density at radius 1 is 0.906 bits per heavy atom. The molecule has 1 unspecified atom stereocenters. The fraction of sp³-hybridized carbons (Fsp3) is 0.654. The maximum Gasteiger partial charge on any atom is 0.404 e. The number of nitrogens with two attached hydrogens (primary N) is 1. The van der Waals surface area contributed by atoms with Gasteiger partial charge >= 0.3 is 6.09 Å². The van der Waals surface area contributed by atoms with Gasteiger partial charge in [0, 0.05) is 6.42 Å². The van der Waals surface area contributed by atoms with E-state index in [1.807, 2.05) is 78.8 Å². The molecule has 0 radical (unpaired) electrons.